The Morgan fingerprint density at radius 2 is 1.75 bits per heavy atom. The minimum atomic E-state index is -0.0159. The van der Waals surface area contributed by atoms with Crippen molar-refractivity contribution in [1.82, 2.24) is 14.9 Å². The zero-order chi connectivity index (χ0) is 35.4. The largest absolute Gasteiger partial charge is 0.494 e. The van der Waals surface area contributed by atoms with Gasteiger partial charge in [-0.1, -0.05) is 42.4 Å². The van der Waals surface area contributed by atoms with E-state index in [0.717, 1.165) is 92.2 Å². The number of ether oxygens (including phenoxy) is 1. The van der Waals surface area contributed by atoms with E-state index < -0.39 is 0 Å². The number of Topliss-reactive ketones (excluding diaryl/α,β-unsaturated/α-hetero) is 1. The Labute approximate surface area is 307 Å². The SMILES string of the molecule is C=CC(=O)Cc1cccc(CNc2nc(Nc3ccc(N4CCN(CCCC(=O)CC56CC7CC(CC(C7)C5)C6)CC4)cc3OC)ncc2Cl)c1. The number of nitrogens with zero attached hydrogens (tertiary/aromatic N) is 4. The fourth-order valence-electron chi connectivity index (χ4n) is 9.70. The van der Waals surface area contributed by atoms with Crippen molar-refractivity contribution < 1.29 is 14.3 Å². The van der Waals surface area contributed by atoms with Crippen molar-refractivity contribution in [2.45, 2.75) is 70.8 Å². The highest BCUT2D eigenvalue weighted by molar-refractivity contribution is 6.32. The second-order valence-corrected chi connectivity index (χ2v) is 15.9. The van der Waals surface area contributed by atoms with Crippen LogP contribution in [0.1, 0.15) is 68.9 Å². The highest BCUT2D eigenvalue weighted by Crippen LogP contribution is 2.61. The molecular formula is C41H51ClN6O3. The highest BCUT2D eigenvalue weighted by atomic mass is 35.5. The number of carbonyl (C=O) groups excluding carboxylic acids is 2. The predicted molar refractivity (Wildman–Crippen MR) is 204 cm³/mol. The fraction of sp³-hybridized carbons (Fsp3) is 0.512. The molecule has 1 aliphatic heterocycles. The molecule has 3 aromatic rings. The van der Waals surface area contributed by atoms with Gasteiger partial charge >= 0.3 is 0 Å². The number of carbonyl (C=O) groups is 2. The Balaban J connectivity index is 0.878. The van der Waals surface area contributed by atoms with Gasteiger partial charge in [-0.3, -0.25) is 14.5 Å². The Kier molecular flexibility index (Phi) is 10.9. The van der Waals surface area contributed by atoms with Gasteiger partial charge < -0.3 is 20.3 Å². The van der Waals surface area contributed by atoms with Crippen molar-refractivity contribution in [2.75, 3.05) is 55.4 Å². The molecule has 5 aliphatic rings. The quantitative estimate of drug-likeness (QED) is 0.144. The van der Waals surface area contributed by atoms with E-state index in [2.05, 4.69) is 49.1 Å². The molecule has 1 saturated heterocycles. The molecule has 0 unspecified atom stereocenters. The molecule has 4 bridgehead atoms. The summed E-state index contributed by atoms with van der Waals surface area (Å²) in [7, 11) is 1.67. The Hall–Kier alpha value is -3.95. The molecular weight excluding hydrogens is 660 g/mol. The van der Waals surface area contributed by atoms with E-state index in [-0.39, 0.29) is 5.78 Å². The zero-order valence-corrected chi connectivity index (χ0v) is 30.6. The summed E-state index contributed by atoms with van der Waals surface area (Å²) in [6, 6.07) is 14.0. The highest BCUT2D eigenvalue weighted by Gasteiger charge is 2.51. The molecule has 2 N–H and O–H groups in total. The van der Waals surface area contributed by atoms with E-state index in [4.69, 9.17) is 16.3 Å². The summed E-state index contributed by atoms with van der Waals surface area (Å²) in [5.41, 5.74) is 4.15. The number of nitrogens with one attached hydrogen (secondary N) is 2. The van der Waals surface area contributed by atoms with Gasteiger partial charge in [-0.25, -0.2) is 4.98 Å². The minimum Gasteiger partial charge on any atom is -0.494 e. The van der Waals surface area contributed by atoms with Crippen LogP contribution in [0, 0.1) is 23.2 Å². The summed E-state index contributed by atoms with van der Waals surface area (Å²) in [6.45, 7) is 8.86. The third-order valence-electron chi connectivity index (χ3n) is 11.6. The maximum absolute atomic E-state index is 13.1. The number of aromatic nitrogens is 2. The van der Waals surface area contributed by atoms with Crippen molar-refractivity contribution in [3.05, 3.63) is 77.5 Å². The van der Waals surface area contributed by atoms with Crippen LogP contribution in [-0.4, -0.2) is 66.3 Å². The van der Waals surface area contributed by atoms with E-state index in [1.807, 2.05) is 30.3 Å². The van der Waals surface area contributed by atoms with E-state index in [9.17, 15) is 9.59 Å². The van der Waals surface area contributed by atoms with Crippen molar-refractivity contribution >= 4 is 46.3 Å². The Bertz CT molecular complexity index is 1700. The van der Waals surface area contributed by atoms with Crippen molar-refractivity contribution in [3.8, 4) is 5.75 Å². The fourth-order valence-corrected chi connectivity index (χ4v) is 9.86. The lowest BCUT2D eigenvalue weighted by atomic mass is 9.48. The first-order valence-corrected chi connectivity index (χ1v) is 19.1. The standard InChI is InChI=1S/C41H51ClN6O3/c1-3-34(49)20-28-6-4-7-29(16-28)26-43-39-36(42)27-44-40(46-39)45-37-10-9-33(21-38(37)51-2)48-14-12-47(13-15-48)11-5-8-35(50)25-41-22-30-17-31(23-41)19-32(18-30)24-41/h3-4,6-7,9-10,16,21,27,30-32H,1,5,8,11-15,17-20,22-26H2,2H3,(H2,43,44,45,46). The molecule has 4 saturated carbocycles. The molecule has 9 nitrogen and oxygen atoms in total. The second kappa shape index (κ2) is 15.7. The van der Waals surface area contributed by atoms with E-state index >= 15 is 0 Å². The molecule has 270 valence electrons. The van der Waals surface area contributed by atoms with Crippen LogP contribution in [0.5, 0.6) is 5.75 Å². The average Bonchev–Trinajstić information content (AvgIpc) is 3.11. The Morgan fingerprint density at radius 3 is 2.45 bits per heavy atom. The molecule has 8 rings (SSSR count). The monoisotopic (exact) mass is 710 g/mol. The summed E-state index contributed by atoms with van der Waals surface area (Å²) < 4.78 is 5.78. The molecule has 0 radical (unpaired) electrons. The molecule has 4 aliphatic carbocycles. The lowest BCUT2D eigenvalue weighted by Gasteiger charge is -2.56. The zero-order valence-electron chi connectivity index (χ0n) is 29.8. The van der Waals surface area contributed by atoms with Crippen LogP contribution in [-0.2, 0) is 22.6 Å². The summed E-state index contributed by atoms with van der Waals surface area (Å²) in [5.74, 6) is 4.81. The van der Waals surface area contributed by atoms with Crippen LogP contribution in [0.25, 0.3) is 0 Å². The van der Waals surface area contributed by atoms with Crippen LogP contribution < -0.4 is 20.3 Å². The number of benzene rings is 2. The summed E-state index contributed by atoms with van der Waals surface area (Å²) in [4.78, 5) is 38.8. The molecule has 5 fully saturated rings. The van der Waals surface area contributed by atoms with Gasteiger partial charge in [-0.2, -0.15) is 4.98 Å². The van der Waals surface area contributed by atoms with E-state index in [0.29, 0.717) is 46.7 Å². The number of ketones is 2. The second-order valence-electron chi connectivity index (χ2n) is 15.5. The van der Waals surface area contributed by atoms with Crippen LogP contribution >= 0.6 is 11.6 Å². The molecule has 0 amide bonds. The molecule has 51 heavy (non-hydrogen) atoms. The van der Waals surface area contributed by atoms with E-state index in [1.165, 1.54) is 44.6 Å². The van der Waals surface area contributed by atoms with Gasteiger partial charge in [0.15, 0.2) is 11.6 Å². The van der Waals surface area contributed by atoms with Gasteiger partial charge in [0.2, 0.25) is 5.95 Å². The van der Waals surface area contributed by atoms with Gasteiger partial charge in [-0.15, -0.1) is 0 Å². The van der Waals surface area contributed by atoms with Crippen molar-refractivity contribution in [2.24, 2.45) is 23.2 Å². The van der Waals surface area contributed by atoms with Crippen molar-refractivity contribution in [1.29, 1.82) is 0 Å². The van der Waals surface area contributed by atoms with Crippen LogP contribution in [0.4, 0.5) is 23.1 Å². The van der Waals surface area contributed by atoms with Gasteiger partial charge in [0, 0.05) is 63.7 Å². The predicted octanol–water partition coefficient (Wildman–Crippen LogP) is 7.87. The normalized spacial score (nSPS) is 24.0. The minimum absolute atomic E-state index is 0.0159. The van der Waals surface area contributed by atoms with Crippen molar-refractivity contribution in [3.63, 3.8) is 0 Å². The first kappa shape index (κ1) is 35.5. The smallest absolute Gasteiger partial charge is 0.229 e. The summed E-state index contributed by atoms with van der Waals surface area (Å²) in [6.07, 6.45) is 14.0. The number of hydrogen-bond acceptors (Lipinski definition) is 9. The van der Waals surface area contributed by atoms with Gasteiger partial charge in [0.05, 0.1) is 19.0 Å². The van der Waals surface area contributed by atoms with Gasteiger partial charge in [0.1, 0.15) is 16.6 Å². The lowest BCUT2D eigenvalue weighted by molar-refractivity contribution is -0.127. The third kappa shape index (κ3) is 8.75. The van der Waals surface area contributed by atoms with Crippen LogP contribution in [0.15, 0.2) is 61.3 Å². The van der Waals surface area contributed by atoms with E-state index in [1.54, 1.807) is 13.3 Å². The number of allylic oxidation sites excluding steroid dienone is 1. The number of halogens is 1. The molecule has 1 aromatic heterocycles. The first-order valence-electron chi connectivity index (χ1n) is 18.7. The lowest BCUT2D eigenvalue weighted by Crippen LogP contribution is -2.47. The number of rotatable bonds is 16. The topological polar surface area (TPSA) is 99.7 Å². The van der Waals surface area contributed by atoms with Crippen LogP contribution in [0.3, 0.4) is 0 Å². The van der Waals surface area contributed by atoms with Gasteiger partial charge in [-0.05, 0) is 104 Å². The first-order chi connectivity index (χ1) is 24.8. The molecule has 2 aromatic carbocycles. The van der Waals surface area contributed by atoms with Gasteiger partial charge in [0.25, 0.3) is 0 Å². The Morgan fingerprint density at radius 1 is 1.02 bits per heavy atom. The molecule has 2 heterocycles. The molecule has 10 heteroatoms. The van der Waals surface area contributed by atoms with Crippen LogP contribution in [0.2, 0.25) is 5.02 Å². The number of piperazine rings is 1. The third-order valence-corrected chi connectivity index (χ3v) is 11.9. The number of methoxy groups -OCH3 is 1. The summed E-state index contributed by atoms with van der Waals surface area (Å²) >= 11 is 6.44. The maximum atomic E-state index is 13.1. The average molecular weight is 711 g/mol. The number of hydrogen-bond donors (Lipinski definition) is 2. The molecule has 0 spiro atoms. The summed E-state index contributed by atoms with van der Waals surface area (Å²) in [5, 5.41) is 6.99. The number of anilines is 4. The maximum Gasteiger partial charge on any atom is 0.229 e. The molecule has 0 atom stereocenters.